The minimum atomic E-state index is -3.27. The van der Waals surface area contributed by atoms with Crippen molar-refractivity contribution in [3.8, 4) is 0 Å². The third-order valence-electron chi connectivity index (χ3n) is 3.67. The van der Waals surface area contributed by atoms with Gasteiger partial charge in [0.25, 0.3) is 0 Å². The lowest BCUT2D eigenvalue weighted by molar-refractivity contribution is 0.0482. The van der Waals surface area contributed by atoms with Crippen molar-refractivity contribution in [1.82, 2.24) is 5.32 Å². The zero-order valence-corrected chi connectivity index (χ0v) is 15.1. The summed E-state index contributed by atoms with van der Waals surface area (Å²) in [6.45, 7) is 4.94. The Morgan fingerprint density at radius 2 is 1.88 bits per heavy atom. The number of carbonyl (C=O) groups is 1. The second-order valence-corrected chi connectivity index (χ2v) is 9.21. The lowest BCUT2D eigenvalue weighted by Crippen LogP contribution is -2.36. The third kappa shape index (κ3) is 5.49. The van der Waals surface area contributed by atoms with Crippen molar-refractivity contribution < 1.29 is 23.1 Å². The maximum atomic E-state index is 12.2. The Hall–Kier alpha value is -1.60. The molecule has 0 spiro atoms. The molecule has 0 heterocycles. The van der Waals surface area contributed by atoms with E-state index in [1.54, 1.807) is 32.9 Å². The van der Waals surface area contributed by atoms with Gasteiger partial charge < -0.3 is 15.2 Å². The SMILES string of the molecule is CC(C)(C)OC(=O)NC(CO)c1ccc(S(=O)(=O)CC2CC2)cc1. The molecule has 134 valence electrons. The molecule has 1 aliphatic rings. The minimum absolute atomic E-state index is 0.186. The molecule has 1 aliphatic carbocycles. The lowest BCUT2D eigenvalue weighted by Gasteiger charge is -2.23. The summed E-state index contributed by atoms with van der Waals surface area (Å²) in [5.41, 5.74) is -0.0149. The molecule has 1 atom stereocenters. The summed E-state index contributed by atoms with van der Waals surface area (Å²) in [5, 5.41) is 12.1. The number of nitrogens with one attached hydrogen (secondary N) is 1. The van der Waals surface area contributed by atoms with Crippen LogP contribution >= 0.6 is 0 Å². The van der Waals surface area contributed by atoms with E-state index in [4.69, 9.17) is 4.74 Å². The van der Waals surface area contributed by atoms with Gasteiger partial charge in [0, 0.05) is 0 Å². The Balaban J connectivity index is 2.05. The number of aliphatic hydroxyl groups is 1. The zero-order valence-electron chi connectivity index (χ0n) is 14.3. The fourth-order valence-corrected chi connectivity index (χ4v) is 3.98. The molecule has 24 heavy (non-hydrogen) atoms. The van der Waals surface area contributed by atoms with Gasteiger partial charge in [0.15, 0.2) is 9.84 Å². The van der Waals surface area contributed by atoms with Crippen LogP contribution in [0.5, 0.6) is 0 Å². The van der Waals surface area contributed by atoms with Crippen molar-refractivity contribution in [2.45, 2.75) is 50.2 Å². The first-order valence-electron chi connectivity index (χ1n) is 8.04. The molecule has 0 saturated heterocycles. The second kappa shape index (κ2) is 7.11. The van der Waals surface area contributed by atoms with Crippen molar-refractivity contribution in [3.63, 3.8) is 0 Å². The molecule has 1 amide bonds. The Bertz CT molecular complexity index is 672. The Morgan fingerprint density at radius 3 is 2.33 bits per heavy atom. The summed E-state index contributed by atoms with van der Waals surface area (Å²) in [4.78, 5) is 12.1. The summed E-state index contributed by atoms with van der Waals surface area (Å²) in [6, 6.07) is 5.61. The largest absolute Gasteiger partial charge is 0.444 e. The van der Waals surface area contributed by atoms with E-state index in [1.807, 2.05) is 0 Å². The van der Waals surface area contributed by atoms with E-state index in [0.717, 1.165) is 12.8 Å². The molecular formula is C17H25NO5S. The molecule has 0 radical (unpaired) electrons. The molecule has 0 bridgehead atoms. The predicted octanol–water partition coefficient (Wildman–Crippen LogP) is 2.43. The van der Waals surface area contributed by atoms with E-state index in [-0.39, 0.29) is 23.2 Å². The van der Waals surface area contributed by atoms with Crippen LogP contribution in [-0.2, 0) is 14.6 Å². The molecule has 1 aromatic carbocycles. The summed E-state index contributed by atoms with van der Waals surface area (Å²) < 4.78 is 29.6. The number of benzene rings is 1. The van der Waals surface area contributed by atoms with Crippen LogP contribution in [-0.4, -0.2) is 37.6 Å². The molecule has 2 N–H and O–H groups in total. The molecule has 1 fully saturated rings. The molecule has 1 saturated carbocycles. The molecule has 1 unspecified atom stereocenters. The van der Waals surface area contributed by atoms with Gasteiger partial charge >= 0.3 is 6.09 Å². The lowest BCUT2D eigenvalue weighted by atomic mass is 10.1. The van der Waals surface area contributed by atoms with E-state index in [0.29, 0.717) is 5.56 Å². The van der Waals surface area contributed by atoms with Gasteiger partial charge in [-0.05, 0) is 57.2 Å². The minimum Gasteiger partial charge on any atom is -0.444 e. The van der Waals surface area contributed by atoms with E-state index < -0.39 is 27.6 Å². The van der Waals surface area contributed by atoms with E-state index >= 15 is 0 Å². The van der Waals surface area contributed by atoms with Crippen LogP contribution in [0.1, 0.15) is 45.2 Å². The number of alkyl carbamates (subject to hydrolysis) is 1. The molecule has 6 nitrogen and oxygen atoms in total. The van der Waals surface area contributed by atoms with Gasteiger partial charge in [-0.15, -0.1) is 0 Å². The van der Waals surface area contributed by atoms with Crippen LogP contribution in [0.15, 0.2) is 29.2 Å². The highest BCUT2D eigenvalue weighted by molar-refractivity contribution is 7.91. The van der Waals surface area contributed by atoms with Gasteiger partial charge in [-0.1, -0.05) is 12.1 Å². The Kier molecular flexibility index (Phi) is 5.55. The van der Waals surface area contributed by atoms with Gasteiger partial charge in [-0.25, -0.2) is 13.2 Å². The third-order valence-corrected chi connectivity index (χ3v) is 5.57. The van der Waals surface area contributed by atoms with E-state index in [1.165, 1.54) is 12.1 Å². The fourth-order valence-electron chi connectivity index (χ4n) is 2.28. The van der Waals surface area contributed by atoms with Crippen LogP contribution in [0, 0.1) is 5.92 Å². The number of hydrogen-bond donors (Lipinski definition) is 2. The first-order valence-corrected chi connectivity index (χ1v) is 9.69. The van der Waals surface area contributed by atoms with Gasteiger partial charge in [0.05, 0.1) is 23.3 Å². The zero-order chi connectivity index (χ0) is 18.0. The number of amides is 1. The summed E-state index contributed by atoms with van der Waals surface area (Å²) in [6.07, 6.45) is 1.32. The van der Waals surface area contributed by atoms with Crippen molar-refractivity contribution in [3.05, 3.63) is 29.8 Å². The van der Waals surface area contributed by atoms with Crippen LogP contribution in [0.3, 0.4) is 0 Å². The normalized spacial score (nSPS) is 16.5. The number of rotatable bonds is 6. The number of carbonyl (C=O) groups excluding carboxylic acids is 1. The standard InChI is InChI=1S/C17H25NO5S/c1-17(2,3)23-16(20)18-15(10-19)13-6-8-14(9-7-13)24(21,22)11-12-4-5-12/h6-9,12,15,19H,4-5,10-11H2,1-3H3,(H,18,20). The molecular weight excluding hydrogens is 330 g/mol. The fraction of sp³-hybridized carbons (Fsp3) is 0.588. The molecule has 2 rings (SSSR count). The second-order valence-electron chi connectivity index (χ2n) is 7.18. The van der Waals surface area contributed by atoms with Crippen LogP contribution in [0.25, 0.3) is 0 Å². The summed E-state index contributed by atoms with van der Waals surface area (Å²) in [7, 11) is -3.27. The van der Waals surface area contributed by atoms with Crippen LogP contribution in [0.4, 0.5) is 4.79 Å². The number of aliphatic hydroxyl groups excluding tert-OH is 1. The quantitative estimate of drug-likeness (QED) is 0.817. The highest BCUT2D eigenvalue weighted by atomic mass is 32.2. The average Bonchev–Trinajstić information content (AvgIpc) is 3.26. The molecule has 1 aromatic rings. The van der Waals surface area contributed by atoms with Crippen molar-refractivity contribution in [2.75, 3.05) is 12.4 Å². The molecule has 0 aliphatic heterocycles. The summed E-state index contributed by atoms with van der Waals surface area (Å²) in [5.74, 6) is 0.472. The van der Waals surface area contributed by atoms with Gasteiger partial charge in [-0.2, -0.15) is 0 Å². The van der Waals surface area contributed by atoms with Crippen molar-refractivity contribution in [2.24, 2.45) is 5.92 Å². The smallest absolute Gasteiger partial charge is 0.408 e. The maximum Gasteiger partial charge on any atom is 0.408 e. The number of ether oxygens (including phenoxy) is 1. The molecule has 0 aromatic heterocycles. The monoisotopic (exact) mass is 355 g/mol. The Labute approximate surface area is 143 Å². The van der Waals surface area contributed by atoms with Crippen LogP contribution in [0.2, 0.25) is 0 Å². The van der Waals surface area contributed by atoms with E-state index in [9.17, 15) is 18.3 Å². The maximum absolute atomic E-state index is 12.2. The van der Waals surface area contributed by atoms with Crippen LogP contribution < -0.4 is 5.32 Å². The highest BCUT2D eigenvalue weighted by Gasteiger charge is 2.29. The number of sulfone groups is 1. The van der Waals surface area contributed by atoms with Gasteiger partial charge in [-0.3, -0.25) is 0 Å². The van der Waals surface area contributed by atoms with Crippen molar-refractivity contribution >= 4 is 15.9 Å². The van der Waals surface area contributed by atoms with Gasteiger partial charge in [0.2, 0.25) is 0 Å². The van der Waals surface area contributed by atoms with Crippen molar-refractivity contribution in [1.29, 1.82) is 0 Å². The average molecular weight is 355 g/mol. The first kappa shape index (κ1) is 18.7. The Morgan fingerprint density at radius 1 is 1.29 bits per heavy atom. The predicted molar refractivity (Wildman–Crippen MR) is 90.4 cm³/mol. The van der Waals surface area contributed by atoms with E-state index in [2.05, 4.69) is 5.32 Å². The number of hydrogen-bond acceptors (Lipinski definition) is 5. The molecule has 7 heteroatoms. The van der Waals surface area contributed by atoms with Gasteiger partial charge in [0.1, 0.15) is 5.60 Å². The highest BCUT2D eigenvalue weighted by Crippen LogP contribution is 2.32. The first-order chi connectivity index (χ1) is 11.1. The summed E-state index contributed by atoms with van der Waals surface area (Å²) >= 11 is 0. The topological polar surface area (TPSA) is 92.7 Å².